The quantitative estimate of drug-likeness (QED) is 0.392. The second kappa shape index (κ2) is 3.64. The summed E-state index contributed by atoms with van der Waals surface area (Å²) < 4.78 is 0. The maximum atomic E-state index is 9.27. The molecule has 1 aromatic carbocycles. The highest BCUT2D eigenvalue weighted by Gasteiger charge is 2.12. The van der Waals surface area contributed by atoms with Gasteiger partial charge in [-0.2, -0.15) is 0 Å². The van der Waals surface area contributed by atoms with Crippen LogP contribution in [0.4, 0.5) is 5.69 Å². The van der Waals surface area contributed by atoms with E-state index in [1.54, 1.807) is 19.1 Å². The number of benzene rings is 1. The van der Waals surface area contributed by atoms with Gasteiger partial charge in [0.25, 0.3) is 0 Å². The van der Waals surface area contributed by atoms with E-state index in [1.165, 1.54) is 6.07 Å². The lowest BCUT2D eigenvalue weighted by molar-refractivity contribution is 0.164. The van der Waals surface area contributed by atoms with Gasteiger partial charge in [-0.1, -0.05) is 6.07 Å². The van der Waals surface area contributed by atoms with Crippen LogP contribution in [-0.2, 0) is 0 Å². The molecule has 13 heavy (non-hydrogen) atoms. The van der Waals surface area contributed by atoms with Gasteiger partial charge in [0.05, 0.1) is 17.8 Å². The van der Waals surface area contributed by atoms with Gasteiger partial charge in [-0.15, -0.1) is 0 Å². The minimum absolute atomic E-state index is 0.00593. The number of anilines is 1. The van der Waals surface area contributed by atoms with Gasteiger partial charge < -0.3 is 21.7 Å². The van der Waals surface area contributed by atoms with Crippen molar-refractivity contribution in [2.45, 2.75) is 19.1 Å². The maximum Gasteiger partial charge on any atom is 0.138 e. The summed E-state index contributed by atoms with van der Waals surface area (Å²) in [4.78, 5) is 0. The highest BCUT2D eigenvalue weighted by Crippen LogP contribution is 2.24. The minimum atomic E-state index is -0.650. The third-order valence-electron chi connectivity index (χ3n) is 1.96. The highest BCUT2D eigenvalue weighted by molar-refractivity contribution is 5.53. The summed E-state index contributed by atoms with van der Waals surface area (Å²) in [5, 5.41) is 18.5. The Morgan fingerprint density at radius 3 is 2.46 bits per heavy atom. The summed E-state index contributed by atoms with van der Waals surface area (Å²) in [5.41, 5.74) is 12.0. The fraction of sp³-hybridized carbons (Fsp3) is 0.333. The zero-order chi connectivity index (χ0) is 10.0. The Balaban J connectivity index is 2.97. The zero-order valence-electron chi connectivity index (χ0n) is 7.44. The average Bonchev–Trinajstić information content (AvgIpc) is 2.08. The van der Waals surface area contributed by atoms with E-state index in [2.05, 4.69) is 0 Å². The molecule has 1 unspecified atom stereocenters. The predicted molar refractivity (Wildman–Crippen MR) is 51.1 cm³/mol. The summed E-state index contributed by atoms with van der Waals surface area (Å²) in [6.45, 7) is 1.60. The molecular formula is C9H14N2O2. The molecule has 72 valence electrons. The van der Waals surface area contributed by atoms with Gasteiger partial charge >= 0.3 is 0 Å². The number of nitrogens with two attached hydrogens (primary N) is 2. The molecule has 0 heterocycles. The van der Waals surface area contributed by atoms with Gasteiger partial charge in [-0.25, -0.2) is 0 Å². The fourth-order valence-electron chi connectivity index (χ4n) is 1.05. The predicted octanol–water partition coefficient (Wildman–Crippen LogP) is 0.355. The highest BCUT2D eigenvalue weighted by atomic mass is 16.3. The Morgan fingerprint density at radius 1 is 1.38 bits per heavy atom. The Hall–Kier alpha value is -1.26. The van der Waals surface area contributed by atoms with Crippen molar-refractivity contribution in [3.8, 4) is 5.75 Å². The summed E-state index contributed by atoms with van der Waals surface area (Å²) in [7, 11) is 0. The minimum Gasteiger partial charge on any atom is -0.506 e. The summed E-state index contributed by atoms with van der Waals surface area (Å²) in [5.74, 6) is -0.00593. The van der Waals surface area contributed by atoms with Gasteiger partial charge in [-0.3, -0.25) is 0 Å². The normalized spacial score (nSPS) is 15.3. The van der Waals surface area contributed by atoms with E-state index in [-0.39, 0.29) is 5.75 Å². The number of phenols is 1. The SMILES string of the molecule is CC(O)[C@@H](N)c1ccc(N)c(O)c1. The Bertz CT molecular complexity index is 300. The van der Waals surface area contributed by atoms with Crippen molar-refractivity contribution < 1.29 is 10.2 Å². The average molecular weight is 182 g/mol. The van der Waals surface area contributed by atoms with Crippen LogP contribution in [0.25, 0.3) is 0 Å². The molecule has 0 saturated carbocycles. The van der Waals surface area contributed by atoms with Gasteiger partial charge in [-0.05, 0) is 24.6 Å². The summed E-state index contributed by atoms with van der Waals surface area (Å²) in [6, 6.07) is 4.22. The number of aliphatic hydroxyl groups is 1. The van der Waals surface area contributed by atoms with Gasteiger partial charge in [0.2, 0.25) is 0 Å². The lowest BCUT2D eigenvalue weighted by atomic mass is 10.0. The third-order valence-corrected chi connectivity index (χ3v) is 1.96. The largest absolute Gasteiger partial charge is 0.506 e. The number of phenolic OH excluding ortho intramolecular Hbond substituents is 1. The number of aromatic hydroxyl groups is 1. The second-order valence-electron chi connectivity index (χ2n) is 3.08. The molecule has 1 aromatic rings. The smallest absolute Gasteiger partial charge is 0.138 e. The molecular weight excluding hydrogens is 168 g/mol. The first-order valence-corrected chi connectivity index (χ1v) is 4.04. The molecule has 0 saturated heterocycles. The number of rotatable bonds is 2. The molecule has 0 fully saturated rings. The first kappa shape index (κ1) is 9.83. The standard InChI is InChI=1S/C9H14N2O2/c1-5(12)9(11)6-2-3-7(10)8(13)4-6/h2-5,9,12-13H,10-11H2,1H3/t5?,9-/m1/s1. The van der Waals surface area contributed by atoms with E-state index < -0.39 is 12.1 Å². The molecule has 0 amide bonds. The number of nitrogen functional groups attached to an aromatic ring is 1. The first-order valence-electron chi connectivity index (χ1n) is 4.04. The van der Waals surface area contributed by atoms with E-state index in [9.17, 15) is 10.2 Å². The molecule has 0 aromatic heterocycles. The van der Waals surface area contributed by atoms with E-state index in [1.807, 2.05) is 0 Å². The molecule has 0 spiro atoms. The van der Waals surface area contributed by atoms with Crippen molar-refractivity contribution in [1.82, 2.24) is 0 Å². The lowest BCUT2D eigenvalue weighted by Gasteiger charge is -2.15. The molecule has 1 rings (SSSR count). The van der Waals surface area contributed by atoms with Crippen molar-refractivity contribution in [1.29, 1.82) is 0 Å². The lowest BCUT2D eigenvalue weighted by Crippen LogP contribution is -2.23. The molecule has 0 radical (unpaired) electrons. The monoisotopic (exact) mass is 182 g/mol. The van der Waals surface area contributed by atoms with Crippen molar-refractivity contribution in [3.63, 3.8) is 0 Å². The molecule has 4 nitrogen and oxygen atoms in total. The third kappa shape index (κ3) is 2.11. The molecule has 4 heteroatoms. The van der Waals surface area contributed by atoms with Crippen LogP contribution in [0.5, 0.6) is 5.75 Å². The van der Waals surface area contributed by atoms with Crippen molar-refractivity contribution >= 4 is 5.69 Å². The van der Waals surface area contributed by atoms with Crippen molar-refractivity contribution in [2.24, 2.45) is 5.73 Å². The van der Waals surface area contributed by atoms with Gasteiger partial charge in [0.1, 0.15) is 5.75 Å². The summed E-state index contributed by atoms with van der Waals surface area (Å²) >= 11 is 0. The molecule has 0 aliphatic carbocycles. The first-order chi connectivity index (χ1) is 6.02. The zero-order valence-corrected chi connectivity index (χ0v) is 7.44. The van der Waals surface area contributed by atoms with Crippen molar-refractivity contribution in [3.05, 3.63) is 23.8 Å². The van der Waals surface area contributed by atoms with Crippen molar-refractivity contribution in [2.75, 3.05) is 5.73 Å². The molecule has 0 aliphatic rings. The van der Waals surface area contributed by atoms with Crippen LogP contribution in [-0.4, -0.2) is 16.3 Å². The Labute approximate surface area is 76.8 Å². The summed E-state index contributed by atoms with van der Waals surface area (Å²) in [6.07, 6.45) is -0.650. The van der Waals surface area contributed by atoms with Crippen LogP contribution in [0.2, 0.25) is 0 Å². The van der Waals surface area contributed by atoms with Crippen LogP contribution in [0.1, 0.15) is 18.5 Å². The van der Waals surface area contributed by atoms with Crippen LogP contribution in [0, 0.1) is 0 Å². The van der Waals surface area contributed by atoms with Crippen LogP contribution in [0.3, 0.4) is 0 Å². The number of aliphatic hydroxyl groups excluding tert-OH is 1. The topological polar surface area (TPSA) is 92.5 Å². The van der Waals surface area contributed by atoms with Gasteiger partial charge in [0, 0.05) is 0 Å². The maximum absolute atomic E-state index is 9.27. The van der Waals surface area contributed by atoms with E-state index in [0.717, 1.165) is 0 Å². The van der Waals surface area contributed by atoms with Crippen LogP contribution >= 0.6 is 0 Å². The number of hydrogen-bond donors (Lipinski definition) is 4. The van der Waals surface area contributed by atoms with E-state index >= 15 is 0 Å². The Kier molecular flexibility index (Phi) is 2.75. The fourth-order valence-corrected chi connectivity index (χ4v) is 1.05. The Morgan fingerprint density at radius 2 is 2.00 bits per heavy atom. The second-order valence-corrected chi connectivity index (χ2v) is 3.08. The van der Waals surface area contributed by atoms with Gasteiger partial charge in [0.15, 0.2) is 0 Å². The van der Waals surface area contributed by atoms with E-state index in [0.29, 0.717) is 11.3 Å². The molecule has 0 bridgehead atoms. The van der Waals surface area contributed by atoms with Crippen LogP contribution < -0.4 is 11.5 Å². The number of hydrogen-bond acceptors (Lipinski definition) is 4. The molecule has 6 N–H and O–H groups in total. The molecule has 2 atom stereocenters. The molecule has 0 aliphatic heterocycles. The van der Waals surface area contributed by atoms with Crippen LogP contribution in [0.15, 0.2) is 18.2 Å². The van der Waals surface area contributed by atoms with E-state index in [4.69, 9.17) is 11.5 Å².